The van der Waals surface area contributed by atoms with Gasteiger partial charge in [0.05, 0.1) is 6.10 Å². The smallest absolute Gasteiger partial charge is 0.0661 e. The molecule has 100 valence electrons. The second-order valence-electron chi connectivity index (χ2n) is 6.03. The third-order valence-corrected chi connectivity index (χ3v) is 4.89. The summed E-state index contributed by atoms with van der Waals surface area (Å²) in [4.78, 5) is 0. The summed E-state index contributed by atoms with van der Waals surface area (Å²) in [5.41, 5.74) is 0.498. The zero-order valence-corrected chi connectivity index (χ0v) is 11.8. The van der Waals surface area contributed by atoms with Crippen LogP contribution in [0, 0.1) is 5.41 Å². The van der Waals surface area contributed by atoms with E-state index in [9.17, 15) is 0 Å². The summed E-state index contributed by atoms with van der Waals surface area (Å²) in [6.45, 7) is 7.61. The normalized spacial score (nSPS) is 32.6. The Bertz CT molecular complexity index is 235. The summed E-state index contributed by atoms with van der Waals surface area (Å²) in [6, 6.07) is 1.40. The van der Waals surface area contributed by atoms with Gasteiger partial charge in [0.15, 0.2) is 0 Å². The van der Waals surface area contributed by atoms with Crippen molar-refractivity contribution < 1.29 is 4.74 Å². The van der Waals surface area contributed by atoms with E-state index in [1.165, 1.54) is 44.9 Å². The maximum atomic E-state index is 5.95. The molecule has 2 heteroatoms. The summed E-state index contributed by atoms with van der Waals surface area (Å²) in [7, 11) is 0. The van der Waals surface area contributed by atoms with E-state index in [4.69, 9.17) is 4.74 Å². The molecule has 2 nitrogen and oxygen atoms in total. The van der Waals surface area contributed by atoms with Gasteiger partial charge in [-0.1, -0.05) is 26.2 Å². The zero-order valence-electron chi connectivity index (χ0n) is 11.8. The van der Waals surface area contributed by atoms with E-state index in [2.05, 4.69) is 26.1 Å². The molecule has 0 radical (unpaired) electrons. The van der Waals surface area contributed by atoms with Gasteiger partial charge in [0.2, 0.25) is 0 Å². The first-order valence-electron chi connectivity index (χ1n) is 7.60. The summed E-state index contributed by atoms with van der Waals surface area (Å²) in [6.07, 6.45) is 9.94. The third-order valence-electron chi connectivity index (χ3n) is 4.89. The first-order valence-corrected chi connectivity index (χ1v) is 7.60. The molecule has 3 atom stereocenters. The van der Waals surface area contributed by atoms with E-state index in [1.54, 1.807) is 0 Å². The van der Waals surface area contributed by atoms with Crippen LogP contribution in [0.15, 0.2) is 0 Å². The van der Waals surface area contributed by atoms with Crippen LogP contribution in [0.3, 0.4) is 0 Å². The molecule has 0 heterocycles. The Hall–Kier alpha value is -0.0800. The SMILES string of the molecule is CCCC(C)NC1CC(OCC)C12CCCC2. The molecule has 2 aliphatic rings. The lowest BCUT2D eigenvalue weighted by atomic mass is 9.60. The Morgan fingerprint density at radius 2 is 2.00 bits per heavy atom. The van der Waals surface area contributed by atoms with E-state index >= 15 is 0 Å². The average Bonchev–Trinajstić information content (AvgIpc) is 2.80. The fourth-order valence-electron chi connectivity index (χ4n) is 3.98. The summed E-state index contributed by atoms with van der Waals surface area (Å²) in [5.74, 6) is 0. The Morgan fingerprint density at radius 1 is 1.29 bits per heavy atom. The van der Waals surface area contributed by atoms with Crippen molar-refractivity contribution in [2.45, 2.75) is 83.9 Å². The lowest BCUT2D eigenvalue weighted by molar-refractivity contribution is -0.132. The first-order chi connectivity index (χ1) is 8.23. The molecule has 17 heavy (non-hydrogen) atoms. The maximum absolute atomic E-state index is 5.95. The fraction of sp³-hybridized carbons (Fsp3) is 1.00. The maximum Gasteiger partial charge on any atom is 0.0661 e. The minimum atomic E-state index is 0.498. The highest BCUT2D eigenvalue weighted by Crippen LogP contribution is 2.54. The van der Waals surface area contributed by atoms with Crippen molar-refractivity contribution in [3.05, 3.63) is 0 Å². The van der Waals surface area contributed by atoms with E-state index in [1.807, 2.05) is 0 Å². The molecule has 0 saturated heterocycles. The number of hydrogen-bond donors (Lipinski definition) is 1. The minimum absolute atomic E-state index is 0.498. The highest BCUT2D eigenvalue weighted by molar-refractivity contribution is 5.10. The van der Waals surface area contributed by atoms with Gasteiger partial charge < -0.3 is 10.1 Å². The molecule has 2 fully saturated rings. The number of rotatable bonds is 6. The van der Waals surface area contributed by atoms with Crippen LogP contribution in [0.2, 0.25) is 0 Å². The van der Waals surface area contributed by atoms with Gasteiger partial charge in [-0.25, -0.2) is 0 Å². The molecule has 0 aliphatic heterocycles. The topological polar surface area (TPSA) is 21.3 Å². The van der Waals surface area contributed by atoms with E-state index in [0.717, 1.165) is 12.6 Å². The van der Waals surface area contributed by atoms with Crippen molar-refractivity contribution in [3.63, 3.8) is 0 Å². The molecule has 2 saturated carbocycles. The van der Waals surface area contributed by atoms with Crippen molar-refractivity contribution in [1.82, 2.24) is 5.32 Å². The molecular weight excluding hydrogens is 210 g/mol. The molecule has 2 aliphatic carbocycles. The van der Waals surface area contributed by atoms with Crippen molar-refractivity contribution in [2.24, 2.45) is 5.41 Å². The van der Waals surface area contributed by atoms with Crippen molar-refractivity contribution >= 4 is 0 Å². The van der Waals surface area contributed by atoms with Crippen LogP contribution in [-0.4, -0.2) is 24.8 Å². The Morgan fingerprint density at radius 3 is 2.59 bits per heavy atom. The molecule has 1 spiro atoms. The molecule has 0 aromatic rings. The van der Waals surface area contributed by atoms with Crippen LogP contribution in [0.5, 0.6) is 0 Å². The van der Waals surface area contributed by atoms with Gasteiger partial charge in [0, 0.05) is 24.1 Å². The van der Waals surface area contributed by atoms with Crippen LogP contribution < -0.4 is 5.32 Å². The van der Waals surface area contributed by atoms with Crippen LogP contribution in [0.4, 0.5) is 0 Å². The standard InChI is InChI=1S/C15H29NO/c1-4-8-12(3)16-13-11-14(17-5-2)15(13)9-6-7-10-15/h12-14,16H,4-11H2,1-3H3. The number of hydrogen-bond acceptors (Lipinski definition) is 2. The van der Waals surface area contributed by atoms with Gasteiger partial charge in [-0.3, -0.25) is 0 Å². The summed E-state index contributed by atoms with van der Waals surface area (Å²) < 4.78 is 5.95. The molecular formula is C15H29NO. The average molecular weight is 239 g/mol. The van der Waals surface area contributed by atoms with E-state index in [0.29, 0.717) is 17.6 Å². The molecule has 0 bridgehead atoms. The monoisotopic (exact) mass is 239 g/mol. The molecule has 0 aromatic heterocycles. The fourth-order valence-corrected chi connectivity index (χ4v) is 3.98. The van der Waals surface area contributed by atoms with Gasteiger partial charge in [-0.2, -0.15) is 0 Å². The minimum Gasteiger partial charge on any atom is -0.378 e. The van der Waals surface area contributed by atoms with Crippen molar-refractivity contribution in [3.8, 4) is 0 Å². The van der Waals surface area contributed by atoms with Crippen molar-refractivity contribution in [2.75, 3.05) is 6.61 Å². The largest absolute Gasteiger partial charge is 0.378 e. The van der Waals surface area contributed by atoms with Crippen LogP contribution in [0.1, 0.15) is 65.7 Å². The molecule has 2 rings (SSSR count). The van der Waals surface area contributed by atoms with E-state index < -0.39 is 0 Å². The lowest BCUT2D eigenvalue weighted by Crippen LogP contribution is -2.64. The lowest BCUT2D eigenvalue weighted by Gasteiger charge is -2.55. The Balaban J connectivity index is 1.91. The van der Waals surface area contributed by atoms with Gasteiger partial charge >= 0.3 is 0 Å². The Labute approximate surface area is 107 Å². The van der Waals surface area contributed by atoms with Gasteiger partial charge in [0.1, 0.15) is 0 Å². The van der Waals surface area contributed by atoms with Crippen molar-refractivity contribution in [1.29, 1.82) is 0 Å². The third kappa shape index (κ3) is 2.53. The molecule has 0 amide bonds. The van der Waals surface area contributed by atoms with Crippen LogP contribution in [0.25, 0.3) is 0 Å². The molecule has 0 aromatic carbocycles. The highest BCUT2D eigenvalue weighted by Gasteiger charge is 2.56. The highest BCUT2D eigenvalue weighted by atomic mass is 16.5. The van der Waals surface area contributed by atoms with Gasteiger partial charge in [0.25, 0.3) is 0 Å². The zero-order chi connectivity index (χ0) is 12.3. The second-order valence-corrected chi connectivity index (χ2v) is 6.03. The van der Waals surface area contributed by atoms with E-state index in [-0.39, 0.29) is 0 Å². The Kier molecular flexibility index (Phi) is 4.48. The van der Waals surface area contributed by atoms with Crippen LogP contribution >= 0.6 is 0 Å². The predicted octanol–water partition coefficient (Wildman–Crippen LogP) is 3.50. The van der Waals surface area contributed by atoms with Crippen LogP contribution in [-0.2, 0) is 4.74 Å². The van der Waals surface area contributed by atoms with Gasteiger partial charge in [-0.15, -0.1) is 0 Å². The summed E-state index contributed by atoms with van der Waals surface area (Å²) in [5, 5.41) is 3.86. The quantitative estimate of drug-likeness (QED) is 0.766. The summed E-state index contributed by atoms with van der Waals surface area (Å²) >= 11 is 0. The second kappa shape index (κ2) is 5.71. The molecule has 1 N–H and O–H groups in total. The van der Waals surface area contributed by atoms with Gasteiger partial charge in [-0.05, 0) is 39.5 Å². The predicted molar refractivity (Wildman–Crippen MR) is 72.2 cm³/mol. The number of ether oxygens (including phenoxy) is 1. The molecule has 3 unspecified atom stereocenters. The first kappa shape index (κ1) is 13.4. The number of nitrogens with one attached hydrogen (secondary N) is 1.